The maximum absolute atomic E-state index is 6.35. The molecule has 4 nitrogen and oxygen atoms in total. The number of hydrogen-bond acceptors (Lipinski definition) is 4. The lowest BCUT2D eigenvalue weighted by Gasteiger charge is -2.17. The van der Waals surface area contributed by atoms with Crippen molar-refractivity contribution in [1.29, 1.82) is 0 Å². The molecule has 0 bridgehead atoms. The monoisotopic (exact) mass is 321 g/mol. The van der Waals surface area contributed by atoms with E-state index < -0.39 is 5.54 Å². The van der Waals surface area contributed by atoms with Crippen LogP contribution in [0.5, 0.6) is 0 Å². The van der Waals surface area contributed by atoms with Gasteiger partial charge in [0.05, 0.1) is 5.54 Å². The molecule has 0 atom stereocenters. The van der Waals surface area contributed by atoms with Crippen molar-refractivity contribution in [3.63, 3.8) is 0 Å². The average molecular weight is 322 g/mol. The van der Waals surface area contributed by atoms with E-state index in [2.05, 4.69) is 26.1 Å². The molecule has 0 spiro atoms. The van der Waals surface area contributed by atoms with Crippen molar-refractivity contribution in [1.82, 2.24) is 10.1 Å². The number of benzene rings is 1. The number of nitrogens with zero attached hydrogens (tertiary/aromatic N) is 2. The van der Waals surface area contributed by atoms with E-state index in [0.717, 1.165) is 41.3 Å². The quantitative estimate of drug-likeness (QED) is 0.918. The first-order valence-corrected chi connectivity index (χ1v) is 7.28. The Balaban J connectivity index is 1.99. The summed E-state index contributed by atoms with van der Waals surface area (Å²) in [6, 6.07) is 5.94. The number of nitrogens with two attached hydrogens (primary N) is 1. The first kappa shape index (κ1) is 12.8. The number of aromatic nitrogens is 2. The fourth-order valence-electron chi connectivity index (χ4n) is 2.60. The standard InChI is InChI=1S/C14H16BrN3O/c1-9-10(5-4-6-11(9)15)12-17-13(18-19-12)14(16)7-2-3-8-14/h4-6H,2-3,7-8,16H2,1H3. The van der Waals surface area contributed by atoms with Crippen LogP contribution in [0.25, 0.3) is 11.5 Å². The van der Waals surface area contributed by atoms with Crippen molar-refractivity contribution in [3.8, 4) is 11.5 Å². The van der Waals surface area contributed by atoms with E-state index in [9.17, 15) is 0 Å². The fraction of sp³-hybridized carbons (Fsp3) is 0.429. The molecule has 1 aromatic carbocycles. The van der Waals surface area contributed by atoms with Gasteiger partial charge in [0.2, 0.25) is 0 Å². The Kier molecular flexibility index (Phi) is 3.19. The Morgan fingerprint density at radius 3 is 2.79 bits per heavy atom. The zero-order valence-electron chi connectivity index (χ0n) is 10.8. The van der Waals surface area contributed by atoms with Gasteiger partial charge in [-0.2, -0.15) is 4.98 Å². The van der Waals surface area contributed by atoms with Gasteiger partial charge in [0.25, 0.3) is 5.89 Å². The SMILES string of the molecule is Cc1c(Br)cccc1-c1nc(C2(N)CCCC2)no1. The van der Waals surface area contributed by atoms with Gasteiger partial charge < -0.3 is 10.3 Å². The predicted octanol–water partition coefficient (Wildman–Crippen LogP) is 3.54. The molecular weight excluding hydrogens is 306 g/mol. The fourth-order valence-corrected chi connectivity index (χ4v) is 2.97. The zero-order chi connectivity index (χ0) is 13.5. The molecule has 0 saturated heterocycles. The van der Waals surface area contributed by atoms with E-state index in [0.29, 0.717) is 11.7 Å². The highest BCUT2D eigenvalue weighted by Crippen LogP contribution is 2.36. The van der Waals surface area contributed by atoms with Crippen LogP contribution < -0.4 is 5.73 Å². The molecule has 19 heavy (non-hydrogen) atoms. The van der Waals surface area contributed by atoms with Crippen molar-refractivity contribution >= 4 is 15.9 Å². The number of halogens is 1. The molecule has 2 N–H and O–H groups in total. The van der Waals surface area contributed by atoms with E-state index in [1.807, 2.05) is 25.1 Å². The van der Waals surface area contributed by atoms with Crippen LogP contribution in [0, 0.1) is 6.92 Å². The van der Waals surface area contributed by atoms with Crippen molar-refractivity contribution in [3.05, 3.63) is 34.1 Å². The van der Waals surface area contributed by atoms with Gasteiger partial charge in [-0.15, -0.1) is 0 Å². The molecule has 1 aliphatic carbocycles. The maximum Gasteiger partial charge on any atom is 0.258 e. The van der Waals surface area contributed by atoms with Gasteiger partial charge in [0.1, 0.15) is 0 Å². The molecule has 0 aliphatic heterocycles. The summed E-state index contributed by atoms with van der Waals surface area (Å²) in [4.78, 5) is 4.51. The summed E-state index contributed by atoms with van der Waals surface area (Å²) in [7, 11) is 0. The van der Waals surface area contributed by atoms with Crippen LogP contribution in [0.3, 0.4) is 0 Å². The Morgan fingerprint density at radius 1 is 1.32 bits per heavy atom. The van der Waals surface area contributed by atoms with Crippen LogP contribution in [0.15, 0.2) is 27.2 Å². The van der Waals surface area contributed by atoms with E-state index in [1.54, 1.807) is 0 Å². The van der Waals surface area contributed by atoms with Crippen molar-refractivity contribution in [2.75, 3.05) is 0 Å². The highest BCUT2D eigenvalue weighted by molar-refractivity contribution is 9.10. The summed E-state index contributed by atoms with van der Waals surface area (Å²) in [6.07, 6.45) is 4.14. The third-order valence-corrected chi connectivity index (χ3v) is 4.72. The zero-order valence-corrected chi connectivity index (χ0v) is 12.4. The van der Waals surface area contributed by atoms with Crippen LogP contribution in [-0.4, -0.2) is 10.1 Å². The van der Waals surface area contributed by atoms with Gasteiger partial charge in [-0.05, 0) is 37.5 Å². The third kappa shape index (κ3) is 2.21. The van der Waals surface area contributed by atoms with Gasteiger partial charge in [-0.25, -0.2) is 0 Å². The van der Waals surface area contributed by atoms with Crippen LogP contribution in [0.2, 0.25) is 0 Å². The van der Waals surface area contributed by atoms with Gasteiger partial charge in [0, 0.05) is 10.0 Å². The molecule has 1 aromatic heterocycles. The summed E-state index contributed by atoms with van der Waals surface area (Å²) in [5, 5.41) is 4.09. The van der Waals surface area contributed by atoms with Gasteiger partial charge >= 0.3 is 0 Å². The summed E-state index contributed by atoms with van der Waals surface area (Å²) < 4.78 is 6.44. The molecule has 0 radical (unpaired) electrons. The topological polar surface area (TPSA) is 64.9 Å². The normalized spacial score (nSPS) is 17.8. The summed E-state index contributed by atoms with van der Waals surface area (Å²) in [5.41, 5.74) is 7.99. The molecule has 0 amide bonds. The van der Waals surface area contributed by atoms with Gasteiger partial charge in [-0.1, -0.05) is 40.0 Å². The summed E-state index contributed by atoms with van der Waals surface area (Å²) in [5.74, 6) is 1.19. The molecule has 2 aromatic rings. The first-order chi connectivity index (χ1) is 9.10. The second-order valence-corrected chi connectivity index (χ2v) is 6.05. The minimum Gasteiger partial charge on any atom is -0.334 e. The number of hydrogen-bond donors (Lipinski definition) is 1. The van der Waals surface area contributed by atoms with E-state index in [4.69, 9.17) is 10.3 Å². The number of rotatable bonds is 2. The minimum atomic E-state index is -0.401. The van der Waals surface area contributed by atoms with Crippen LogP contribution in [-0.2, 0) is 5.54 Å². The lowest BCUT2D eigenvalue weighted by Crippen LogP contribution is -2.34. The second kappa shape index (κ2) is 4.72. The minimum absolute atomic E-state index is 0.401. The van der Waals surface area contributed by atoms with Crippen LogP contribution >= 0.6 is 15.9 Å². The summed E-state index contributed by atoms with van der Waals surface area (Å²) >= 11 is 3.51. The molecule has 1 fully saturated rings. The summed E-state index contributed by atoms with van der Waals surface area (Å²) in [6.45, 7) is 2.02. The molecule has 3 rings (SSSR count). The highest BCUT2D eigenvalue weighted by atomic mass is 79.9. The largest absolute Gasteiger partial charge is 0.334 e. The molecule has 0 unspecified atom stereocenters. The van der Waals surface area contributed by atoms with Crippen molar-refractivity contribution in [2.24, 2.45) is 5.73 Å². The highest BCUT2D eigenvalue weighted by Gasteiger charge is 2.36. The third-order valence-electron chi connectivity index (χ3n) is 3.87. The molecular formula is C14H16BrN3O. The molecule has 1 aliphatic rings. The van der Waals surface area contributed by atoms with E-state index in [1.165, 1.54) is 0 Å². The molecule has 5 heteroatoms. The van der Waals surface area contributed by atoms with Gasteiger partial charge in [0.15, 0.2) is 5.82 Å². The first-order valence-electron chi connectivity index (χ1n) is 6.49. The Hall–Kier alpha value is -1.20. The Labute approximate surface area is 120 Å². The predicted molar refractivity (Wildman–Crippen MR) is 76.5 cm³/mol. The molecule has 100 valence electrons. The second-order valence-electron chi connectivity index (χ2n) is 5.20. The average Bonchev–Trinajstić information content (AvgIpc) is 3.02. The molecule has 1 saturated carbocycles. The van der Waals surface area contributed by atoms with Crippen molar-refractivity contribution < 1.29 is 4.52 Å². The van der Waals surface area contributed by atoms with Crippen molar-refractivity contribution in [2.45, 2.75) is 38.1 Å². The van der Waals surface area contributed by atoms with Gasteiger partial charge in [-0.3, -0.25) is 0 Å². The van der Waals surface area contributed by atoms with E-state index in [-0.39, 0.29) is 0 Å². The van der Waals surface area contributed by atoms with Crippen LogP contribution in [0.4, 0.5) is 0 Å². The smallest absolute Gasteiger partial charge is 0.258 e. The van der Waals surface area contributed by atoms with E-state index >= 15 is 0 Å². The van der Waals surface area contributed by atoms with Crippen LogP contribution in [0.1, 0.15) is 37.1 Å². The lowest BCUT2D eigenvalue weighted by atomic mass is 9.98. The maximum atomic E-state index is 6.35. The lowest BCUT2D eigenvalue weighted by molar-refractivity contribution is 0.372. The Morgan fingerprint density at radius 2 is 2.05 bits per heavy atom. The Bertz CT molecular complexity index is 602. The molecule has 1 heterocycles.